The van der Waals surface area contributed by atoms with Gasteiger partial charge in [0.1, 0.15) is 0 Å². The molecule has 0 aliphatic heterocycles. The number of thioether (sulfide) groups is 1. The van der Waals surface area contributed by atoms with Crippen LogP contribution in [0.2, 0.25) is 0 Å². The largest absolute Gasteiger partial charge is 0.468 e. The quantitative estimate of drug-likeness (QED) is 0.459. The Bertz CT molecular complexity index is 413. The van der Waals surface area contributed by atoms with Gasteiger partial charge in [-0.05, 0) is 25.5 Å². The normalized spacial score (nSPS) is 9.94. The van der Waals surface area contributed by atoms with E-state index >= 15 is 0 Å². The van der Waals surface area contributed by atoms with Crippen LogP contribution in [0.15, 0.2) is 23.1 Å². The lowest BCUT2D eigenvalue weighted by molar-refractivity contribution is -0.137. The van der Waals surface area contributed by atoms with E-state index in [0.717, 1.165) is 10.5 Å². The number of carbonyl (C=O) groups is 2. The van der Waals surface area contributed by atoms with E-state index in [-0.39, 0.29) is 17.5 Å². The van der Waals surface area contributed by atoms with Gasteiger partial charge in [0.15, 0.2) is 5.78 Å². The Kier molecular flexibility index (Phi) is 4.55. The summed E-state index contributed by atoms with van der Waals surface area (Å²) < 4.78 is 4.56. The molecule has 0 bridgehead atoms. The first kappa shape index (κ1) is 12.8. The second-order valence-electron chi connectivity index (χ2n) is 3.40. The molecule has 0 amide bonds. The van der Waals surface area contributed by atoms with Crippen LogP contribution in [0.5, 0.6) is 0 Å². The van der Waals surface area contributed by atoms with Crippen LogP contribution in [-0.4, -0.2) is 24.6 Å². The van der Waals surface area contributed by atoms with Gasteiger partial charge in [-0.1, -0.05) is 12.1 Å². The molecular formula is C12H14O3S. The lowest BCUT2D eigenvalue weighted by Crippen LogP contribution is -2.03. The maximum atomic E-state index is 11.2. The third-order valence-electron chi connectivity index (χ3n) is 2.17. The van der Waals surface area contributed by atoms with Crippen molar-refractivity contribution in [3.8, 4) is 0 Å². The summed E-state index contributed by atoms with van der Waals surface area (Å²) in [5.74, 6) is 0.0242. The molecule has 16 heavy (non-hydrogen) atoms. The number of benzene rings is 1. The highest BCUT2D eigenvalue weighted by atomic mass is 32.2. The van der Waals surface area contributed by atoms with Gasteiger partial charge < -0.3 is 4.74 Å². The van der Waals surface area contributed by atoms with Crippen molar-refractivity contribution in [2.24, 2.45) is 0 Å². The van der Waals surface area contributed by atoms with Gasteiger partial charge in [0.2, 0.25) is 0 Å². The van der Waals surface area contributed by atoms with Crippen LogP contribution in [0, 0.1) is 6.92 Å². The van der Waals surface area contributed by atoms with Crippen LogP contribution in [0.1, 0.15) is 22.8 Å². The van der Waals surface area contributed by atoms with E-state index in [1.807, 2.05) is 19.1 Å². The third-order valence-corrected chi connectivity index (χ3v) is 3.30. The van der Waals surface area contributed by atoms with E-state index in [1.165, 1.54) is 25.8 Å². The average molecular weight is 238 g/mol. The summed E-state index contributed by atoms with van der Waals surface area (Å²) in [6.45, 7) is 3.48. The minimum absolute atomic E-state index is 0.0277. The van der Waals surface area contributed by atoms with Gasteiger partial charge in [0, 0.05) is 10.5 Å². The highest BCUT2D eigenvalue weighted by molar-refractivity contribution is 8.00. The van der Waals surface area contributed by atoms with Gasteiger partial charge in [-0.3, -0.25) is 9.59 Å². The minimum atomic E-state index is -0.266. The molecule has 0 heterocycles. The summed E-state index contributed by atoms with van der Waals surface area (Å²) in [7, 11) is 1.36. The van der Waals surface area contributed by atoms with Crippen molar-refractivity contribution in [1.29, 1.82) is 0 Å². The summed E-state index contributed by atoms with van der Waals surface area (Å²) in [6.07, 6.45) is 0. The number of methoxy groups -OCH3 is 1. The molecule has 1 aromatic rings. The second-order valence-corrected chi connectivity index (χ2v) is 4.42. The summed E-state index contributed by atoms with van der Waals surface area (Å²) in [6, 6.07) is 5.49. The molecule has 0 spiro atoms. The van der Waals surface area contributed by atoms with E-state index in [0.29, 0.717) is 5.56 Å². The Morgan fingerprint density at radius 2 is 2.06 bits per heavy atom. The van der Waals surface area contributed by atoms with Gasteiger partial charge >= 0.3 is 5.97 Å². The van der Waals surface area contributed by atoms with E-state index in [2.05, 4.69) is 4.74 Å². The summed E-state index contributed by atoms with van der Waals surface area (Å²) in [4.78, 5) is 23.2. The van der Waals surface area contributed by atoms with E-state index in [1.54, 1.807) is 6.07 Å². The zero-order valence-electron chi connectivity index (χ0n) is 9.57. The number of ketones is 1. The zero-order chi connectivity index (χ0) is 12.1. The van der Waals surface area contributed by atoms with Crippen LogP contribution in [0.3, 0.4) is 0 Å². The van der Waals surface area contributed by atoms with Crippen molar-refractivity contribution in [2.75, 3.05) is 12.9 Å². The zero-order valence-corrected chi connectivity index (χ0v) is 10.4. The summed E-state index contributed by atoms with van der Waals surface area (Å²) in [5.41, 5.74) is 1.72. The van der Waals surface area contributed by atoms with Gasteiger partial charge in [-0.2, -0.15) is 0 Å². The van der Waals surface area contributed by atoms with Crippen molar-refractivity contribution in [3.05, 3.63) is 29.3 Å². The first-order chi connectivity index (χ1) is 7.54. The number of Topliss-reactive ketones (excluding diaryl/α,β-unsaturated/α-hetero) is 1. The maximum absolute atomic E-state index is 11.2. The first-order valence-electron chi connectivity index (χ1n) is 4.86. The summed E-state index contributed by atoms with van der Waals surface area (Å²) in [5, 5.41) is 0. The standard InChI is InChI=1S/C12H14O3S/c1-8-4-5-10(9(2)13)6-11(8)16-7-12(14)15-3/h4-6H,7H2,1-3H3. The van der Waals surface area contributed by atoms with Crippen molar-refractivity contribution in [2.45, 2.75) is 18.7 Å². The molecule has 0 atom stereocenters. The molecule has 3 nitrogen and oxygen atoms in total. The Morgan fingerprint density at radius 3 is 2.62 bits per heavy atom. The fraction of sp³-hybridized carbons (Fsp3) is 0.333. The monoisotopic (exact) mass is 238 g/mol. The number of esters is 1. The predicted octanol–water partition coefficient (Wildman–Crippen LogP) is 2.46. The van der Waals surface area contributed by atoms with Gasteiger partial charge in [0.25, 0.3) is 0 Å². The molecule has 0 fully saturated rings. The van der Waals surface area contributed by atoms with Crippen molar-refractivity contribution < 1.29 is 14.3 Å². The van der Waals surface area contributed by atoms with Crippen LogP contribution >= 0.6 is 11.8 Å². The van der Waals surface area contributed by atoms with Crippen LogP contribution in [0.25, 0.3) is 0 Å². The molecule has 1 rings (SSSR count). The lowest BCUT2D eigenvalue weighted by Gasteiger charge is -2.06. The number of hydrogen-bond donors (Lipinski definition) is 0. The summed E-state index contributed by atoms with van der Waals surface area (Å²) >= 11 is 1.38. The number of ether oxygens (including phenoxy) is 1. The first-order valence-corrected chi connectivity index (χ1v) is 5.84. The van der Waals surface area contributed by atoms with E-state index in [9.17, 15) is 9.59 Å². The lowest BCUT2D eigenvalue weighted by atomic mass is 10.1. The Hall–Kier alpha value is -1.29. The van der Waals surface area contributed by atoms with E-state index < -0.39 is 0 Å². The molecule has 0 aliphatic carbocycles. The van der Waals surface area contributed by atoms with Crippen molar-refractivity contribution >= 4 is 23.5 Å². The Labute approximate surface area is 99.2 Å². The molecule has 0 unspecified atom stereocenters. The molecule has 1 aromatic carbocycles. The molecule has 0 aliphatic rings. The maximum Gasteiger partial charge on any atom is 0.315 e. The van der Waals surface area contributed by atoms with Crippen molar-refractivity contribution in [1.82, 2.24) is 0 Å². The van der Waals surface area contributed by atoms with Gasteiger partial charge in [-0.15, -0.1) is 11.8 Å². The molecule has 86 valence electrons. The van der Waals surface area contributed by atoms with E-state index in [4.69, 9.17) is 0 Å². The number of hydrogen-bond acceptors (Lipinski definition) is 4. The molecule has 4 heteroatoms. The molecule has 0 saturated carbocycles. The molecule has 0 saturated heterocycles. The highest BCUT2D eigenvalue weighted by Gasteiger charge is 2.07. The Morgan fingerprint density at radius 1 is 1.38 bits per heavy atom. The molecule has 0 N–H and O–H groups in total. The molecule has 0 aromatic heterocycles. The number of aryl methyl sites for hydroxylation is 1. The van der Waals surface area contributed by atoms with Gasteiger partial charge in [-0.25, -0.2) is 0 Å². The fourth-order valence-electron chi connectivity index (χ4n) is 1.17. The van der Waals surface area contributed by atoms with Crippen LogP contribution in [0.4, 0.5) is 0 Å². The molecule has 0 radical (unpaired) electrons. The topological polar surface area (TPSA) is 43.4 Å². The highest BCUT2D eigenvalue weighted by Crippen LogP contribution is 2.23. The van der Waals surface area contributed by atoms with Gasteiger partial charge in [0.05, 0.1) is 12.9 Å². The smallest absolute Gasteiger partial charge is 0.315 e. The molecular weight excluding hydrogens is 224 g/mol. The second kappa shape index (κ2) is 5.70. The predicted molar refractivity (Wildman–Crippen MR) is 63.9 cm³/mol. The minimum Gasteiger partial charge on any atom is -0.468 e. The average Bonchev–Trinajstić information content (AvgIpc) is 2.27. The number of rotatable bonds is 4. The Balaban J connectivity index is 2.82. The van der Waals surface area contributed by atoms with Crippen LogP contribution in [-0.2, 0) is 9.53 Å². The number of carbonyl (C=O) groups excluding carboxylic acids is 2. The van der Waals surface area contributed by atoms with Crippen molar-refractivity contribution in [3.63, 3.8) is 0 Å². The fourth-order valence-corrected chi connectivity index (χ4v) is 2.07. The SMILES string of the molecule is COC(=O)CSc1cc(C(C)=O)ccc1C. The third kappa shape index (κ3) is 3.38. The van der Waals surface area contributed by atoms with Crippen LogP contribution < -0.4 is 0 Å².